The standard InChI is InChI=1S/C13H19N7/c1-4-9-6-5-7-10(8-9)15-11-16-12(19-14)18-13(17-11)20(2)3/h5-8H,4,14H2,1-3H3,(H2,15,16,17,18,19). The average molecular weight is 273 g/mol. The van der Waals surface area contributed by atoms with Crippen LogP contribution in [0.25, 0.3) is 0 Å². The molecular formula is C13H19N7. The smallest absolute Gasteiger partial charge is 0.243 e. The third-order valence-electron chi connectivity index (χ3n) is 2.74. The lowest BCUT2D eigenvalue weighted by Gasteiger charge is -2.13. The highest BCUT2D eigenvalue weighted by Gasteiger charge is 2.07. The molecule has 0 fully saturated rings. The van der Waals surface area contributed by atoms with Crippen molar-refractivity contribution in [2.75, 3.05) is 29.7 Å². The number of nitrogens with zero attached hydrogens (tertiary/aromatic N) is 4. The first-order valence-electron chi connectivity index (χ1n) is 6.38. The van der Waals surface area contributed by atoms with Crippen LogP contribution in [0.1, 0.15) is 12.5 Å². The fraction of sp³-hybridized carbons (Fsp3) is 0.308. The maximum atomic E-state index is 5.38. The summed E-state index contributed by atoms with van der Waals surface area (Å²) in [7, 11) is 3.72. The van der Waals surface area contributed by atoms with Gasteiger partial charge in [-0.1, -0.05) is 19.1 Å². The highest BCUT2D eigenvalue weighted by Crippen LogP contribution is 2.17. The van der Waals surface area contributed by atoms with E-state index >= 15 is 0 Å². The van der Waals surface area contributed by atoms with Crippen LogP contribution in [0.3, 0.4) is 0 Å². The molecule has 2 rings (SSSR count). The molecule has 2 aromatic rings. The third kappa shape index (κ3) is 3.33. The van der Waals surface area contributed by atoms with Gasteiger partial charge >= 0.3 is 0 Å². The molecule has 1 heterocycles. The molecule has 0 saturated heterocycles. The zero-order valence-corrected chi connectivity index (χ0v) is 11.9. The van der Waals surface area contributed by atoms with Crippen molar-refractivity contribution in [2.24, 2.45) is 5.84 Å². The van der Waals surface area contributed by atoms with Crippen molar-refractivity contribution in [1.82, 2.24) is 15.0 Å². The summed E-state index contributed by atoms with van der Waals surface area (Å²) in [6.07, 6.45) is 0.977. The number of hydrogen-bond acceptors (Lipinski definition) is 7. The largest absolute Gasteiger partial charge is 0.347 e. The van der Waals surface area contributed by atoms with E-state index in [2.05, 4.69) is 44.8 Å². The molecule has 20 heavy (non-hydrogen) atoms. The van der Waals surface area contributed by atoms with Crippen LogP contribution in [0, 0.1) is 0 Å². The van der Waals surface area contributed by atoms with Gasteiger partial charge in [-0.2, -0.15) is 15.0 Å². The number of aryl methyl sites for hydroxylation is 1. The Balaban J connectivity index is 2.29. The minimum atomic E-state index is 0.317. The number of rotatable bonds is 5. The van der Waals surface area contributed by atoms with Crippen LogP contribution >= 0.6 is 0 Å². The van der Waals surface area contributed by atoms with Gasteiger partial charge in [-0.25, -0.2) is 5.84 Å². The van der Waals surface area contributed by atoms with Crippen LogP contribution in [0.5, 0.6) is 0 Å². The zero-order valence-electron chi connectivity index (χ0n) is 11.9. The first-order chi connectivity index (χ1) is 9.62. The fourth-order valence-corrected chi connectivity index (χ4v) is 1.68. The van der Waals surface area contributed by atoms with Crippen molar-refractivity contribution in [3.8, 4) is 0 Å². The summed E-state index contributed by atoms with van der Waals surface area (Å²) in [5.41, 5.74) is 4.62. The van der Waals surface area contributed by atoms with Gasteiger partial charge < -0.3 is 10.2 Å². The predicted molar refractivity (Wildman–Crippen MR) is 81.1 cm³/mol. The lowest BCUT2D eigenvalue weighted by atomic mass is 10.1. The summed E-state index contributed by atoms with van der Waals surface area (Å²) in [4.78, 5) is 14.5. The number of aromatic nitrogens is 3. The molecule has 0 atom stereocenters. The molecule has 0 saturated carbocycles. The van der Waals surface area contributed by atoms with Crippen molar-refractivity contribution >= 4 is 23.5 Å². The molecule has 0 amide bonds. The minimum absolute atomic E-state index is 0.317. The number of hydrogen-bond donors (Lipinski definition) is 3. The van der Waals surface area contributed by atoms with Crippen molar-refractivity contribution in [1.29, 1.82) is 0 Å². The first-order valence-corrected chi connectivity index (χ1v) is 6.38. The van der Waals surface area contributed by atoms with Crippen LogP contribution in [-0.4, -0.2) is 29.0 Å². The number of nitrogens with one attached hydrogen (secondary N) is 2. The Labute approximate surface area is 118 Å². The molecular weight excluding hydrogens is 254 g/mol. The van der Waals surface area contributed by atoms with Crippen molar-refractivity contribution < 1.29 is 0 Å². The molecule has 4 N–H and O–H groups in total. The van der Waals surface area contributed by atoms with E-state index in [1.165, 1.54) is 5.56 Å². The Morgan fingerprint density at radius 1 is 1.15 bits per heavy atom. The summed E-state index contributed by atoms with van der Waals surface area (Å²) in [6, 6.07) is 8.11. The summed E-state index contributed by atoms with van der Waals surface area (Å²) in [6.45, 7) is 2.11. The van der Waals surface area contributed by atoms with Gasteiger partial charge in [-0.15, -0.1) is 0 Å². The van der Waals surface area contributed by atoms with Gasteiger partial charge in [0.15, 0.2) is 0 Å². The summed E-state index contributed by atoms with van der Waals surface area (Å²) in [5.74, 6) is 6.67. The van der Waals surface area contributed by atoms with Crippen LogP contribution < -0.4 is 21.5 Å². The molecule has 0 radical (unpaired) electrons. The number of benzene rings is 1. The van der Waals surface area contributed by atoms with E-state index in [9.17, 15) is 0 Å². The Kier molecular flexibility index (Phi) is 4.31. The normalized spacial score (nSPS) is 10.2. The van der Waals surface area contributed by atoms with Crippen molar-refractivity contribution in [2.45, 2.75) is 13.3 Å². The van der Waals surface area contributed by atoms with E-state index in [0.717, 1.165) is 12.1 Å². The van der Waals surface area contributed by atoms with Crippen molar-refractivity contribution in [3.63, 3.8) is 0 Å². The van der Waals surface area contributed by atoms with Crippen LogP contribution in [0.4, 0.5) is 23.5 Å². The van der Waals surface area contributed by atoms with Gasteiger partial charge in [0.1, 0.15) is 0 Å². The fourth-order valence-electron chi connectivity index (χ4n) is 1.68. The van der Waals surface area contributed by atoms with Crippen LogP contribution in [0.15, 0.2) is 24.3 Å². The van der Waals surface area contributed by atoms with E-state index in [-0.39, 0.29) is 0 Å². The Hall–Kier alpha value is -2.41. The van der Waals surface area contributed by atoms with E-state index in [4.69, 9.17) is 5.84 Å². The first kappa shape index (κ1) is 14.0. The Bertz CT molecular complexity index is 583. The molecule has 1 aromatic carbocycles. The lowest BCUT2D eigenvalue weighted by Crippen LogP contribution is -2.18. The lowest BCUT2D eigenvalue weighted by molar-refractivity contribution is 0.957. The summed E-state index contributed by atoms with van der Waals surface area (Å²) in [5, 5.41) is 3.16. The monoisotopic (exact) mass is 273 g/mol. The molecule has 0 aliphatic rings. The highest BCUT2D eigenvalue weighted by molar-refractivity contribution is 5.56. The highest BCUT2D eigenvalue weighted by atomic mass is 15.4. The molecule has 0 aliphatic carbocycles. The summed E-state index contributed by atoms with van der Waals surface area (Å²) >= 11 is 0. The van der Waals surface area contributed by atoms with Gasteiger partial charge in [0.05, 0.1) is 0 Å². The number of nitrogens with two attached hydrogens (primary N) is 1. The minimum Gasteiger partial charge on any atom is -0.347 e. The van der Waals surface area contributed by atoms with Gasteiger partial charge in [-0.3, -0.25) is 5.43 Å². The third-order valence-corrected chi connectivity index (χ3v) is 2.74. The number of nitrogen functional groups attached to an aromatic ring is 1. The number of hydrazine groups is 1. The second-order valence-electron chi connectivity index (χ2n) is 4.50. The van der Waals surface area contributed by atoms with Gasteiger partial charge in [-0.05, 0) is 24.1 Å². The Morgan fingerprint density at radius 3 is 2.55 bits per heavy atom. The quantitative estimate of drug-likeness (QED) is 0.562. The average Bonchev–Trinajstić information content (AvgIpc) is 2.47. The van der Waals surface area contributed by atoms with Crippen molar-refractivity contribution in [3.05, 3.63) is 29.8 Å². The Morgan fingerprint density at radius 2 is 1.90 bits per heavy atom. The zero-order chi connectivity index (χ0) is 14.5. The van der Waals surface area contributed by atoms with E-state index in [0.29, 0.717) is 17.8 Å². The molecule has 7 nitrogen and oxygen atoms in total. The molecule has 7 heteroatoms. The van der Waals surface area contributed by atoms with Gasteiger partial charge in [0.25, 0.3) is 0 Å². The molecule has 0 aliphatic heterocycles. The van der Waals surface area contributed by atoms with E-state index < -0.39 is 0 Å². The van der Waals surface area contributed by atoms with Crippen LogP contribution in [-0.2, 0) is 6.42 Å². The van der Waals surface area contributed by atoms with E-state index in [1.54, 1.807) is 4.90 Å². The van der Waals surface area contributed by atoms with Gasteiger partial charge in [0.2, 0.25) is 17.8 Å². The maximum absolute atomic E-state index is 5.38. The van der Waals surface area contributed by atoms with E-state index in [1.807, 2.05) is 26.2 Å². The molecule has 0 spiro atoms. The predicted octanol–water partition coefficient (Wildman–Crippen LogP) is 1.53. The molecule has 106 valence electrons. The molecule has 0 unspecified atom stereocenters. The number of anilines is 4. The van der Waals surface area contributed by atoms with Crippen LogP contribution in [0.2, 0.25) is 0 Å². The maximum Gasteiger partial charge on any atom is 0.243 e. The summed E-state index contributed by atoms with van der Waals surface area (Å²) < 4.78 is 0. The van der Waals surface area contributed by atoms with Gasteiger partial charge in [0, 0.05) is 19.8 Å². The second kappa shape index (κ2) is 6.16. The topological polar surface area (TPSA) is 92.0 Å². The SMILES string of the molecule is CCc1cccc(Nc2nc(NN)nc(N(C)C)n2)c1. The molecule has 1 aromatic heterocycles. The second-order valence-corrected chi connectivity index (χ2v) is 4.50. The molecule has 0 bridgehead atoms.